The van der Waals surface area contributed by atoms with Crippen LogP contribution in [-0.4, -0.2) is 43.8 Å². The number of thioether (sulfide) groups is 1. The number of unbranched alkanes of at least 4 members (excludes halogenated alkanes) is 1. The molecule has 4 aromatic rings. The van der Waals surface area contributed by atoms with Gasteiger partial charge >= 0.3 is 0 Å². The second-order valence-corrected chi connectivity index (χ2v) is 10.0. The predicted octanol–water partition coefficient (Wildman–Crippen LogP) is 5.69. The fraction of sp³-hybridized carbons (Fsp3) is 0.200. The number of amides is 2. The van der Waals surface area contributed by atoms with E-state index in [1.165, 1.54) is 39.8 Å². The third kappa shape index (κ3) is 4.72. The van der Waals surface area contributed by atoms with E-state index in [1.54, 1.807) is 12.1 Å². The lowest BCUT2D eigenvalue weighted by atomic mass is 9.94. The molecule has 0 aliphatic carbocycles. The molecule has 1 aliphatic heterocycles. The van der Waals surface area contributed by atoms with Gasteiger partial charge in [0.25, 0.3) is 11.8 Å². The number of nitrogens with zero attached hydrogens (tertiary/aromatic N) is 4. The number of carbonyl (C=O) groups excluding carboxylic acids is 2. The molecule has 1 aliphatic rings. The van der Waals surface area contributed by atoms with E-state index in [2.05, 4.69) is 26.0 Å². The number of aromatic nitrogens is 3. The third-order valence-electron chi connectivity index (χ3n) is 5.81. The fourth-order valence-electron chi connectivity index (χ4n) is 4.09. The highest BCUT2D eigenvalue weighted by Crippen LogP contribution is 2.34. The summed E-state index contributed by atoms with van der Waals surface area (Å²) in [6.45, 7) is 0.486. The third-order valence-corrected chi connectivity index (χ3v) is 7.44. The smallest absolute Gasteiger partial charge is 0.261 e. The Kier molecular flexibility index (Phi) is 6.66. The summed E-state index contributed by atoms with van der Waals surface area (Å²) in [7, 11) is 0. The molecular formula is C25H19BrF2N4O2S. The van der Waals surface area contributed by atoms with Crippen molar-refractivity contribution < 1.29 is 18.4 Å². The van der Waals surface area contributed by atoms with Gasteiger partial charge in [-0.1, -0.05) is 45.9 Å². The molecule has 0 unspecified atom stereocenters. The van der Waals surface area contributed by atoms with Gasteiger partial charge in [-0.2, -0.15) is 0 Å². The topological polar surface area (TPSA) is 68.1 Å². The highest BCUT2D eigenvalue weighted by molar-refractivity contribution is 9.10. The molecule has 0 saturated heterocycles. The summed E-state index contributed by atoms with van der Waals surface area (Å²) >= 11 is 4.94. The van der Waals surface area contributed by atoms with Crippen molar-refractivity contribution in [2.45, 2.75) is 24.5 Å². The first-order valence-corrected chi connectivity index (χ1v) is 12.7. The Morgan fingerprint density at radius 1 is 0.971 bits per heavy atom. The first-order chi connectivity index (χ1) is 16.9. The summed E-state index contributed by atoms with van der Waals surface area (Å²) in [5, 5.41) is 6.42. The van der Waals surface area contributed by atoms with Gasteiger partial charge < -0.3 is 0 Å². The Labute approximate surface area is 212 Å². The van der Waals surface area contributed by atoms with Gasteiger partial charge in [0.05, 0.1) is 6.54 Å². The summed E-state index contributed by atoms with van der Waals surface area (Å²) in [6, 6.07) is 12.5. The van der Waals surface area contributed by atoms with Gasteiger partial charge in [0, 0.05) is 44.9 Å². The van der Waals surface area contributed by atoms with Crippen LogP contribution in [0.3, 0.4) is 0 Å². The van der Waals surface area contributed by atoms with Gasteiger partial charge in [0.15, 0.2) is 0 Å². The molecule has 2 heterocycles. The summed E-state index contributed by atoms with van der Waals surface area (Å²) in [5.74, 6) is -1.09. The van der Waals surface area contributed by atoms with Crippen LogP contribution < -0.4 is 0 Å². The van der Waals surface area contributed by atoms with Gasteiger partial charge in [-0.3, -0.25) is 14.5 Å². The fourth-order valence-corrected chi connectivity index (χ4v) is 5.37. The molecule has 0 bridgehead atoms. The zero-order valence-corrected chi connectivity index (χ0v) is 20.8. The highest BCUT2D eigenvalue weighted by Gasteiger charge is 2.32. The Balaban J connectivity index is 1.15. The maximum absolute atomic E-state index is 13.8. The van der Waals surface area contributed by atoms with E-state index in [9.17, 15) is 18.4 Å². The van der Waals surface area contributed by atoms with Crippen LogP contribution in [-0.2, 0) is 6.54 Å². The molecule has 3 aromatic carbocycles. The standard InChI is InChI=1S/C25H19BrF2N4O2S/c26-20-9-8-19-22-17(20)4-3-5-18(22)23(33)32(24(19)34)10-1-2-11-35-25-29-14-31(30-25)13-15-6-7-16(27)12-21(15)28/h3-9,12,14H,1-2,10-11,13H2. The Bertz CT molecular complexity index is 1440. The summed E-state index contributed by atoms with van der Waals surface area (Å²) < 4.78 is 29.3. The van der Waals surface area contributed by atoms with Gasteiger partial charge in [-0.25, -0.2) is 18.4 Å². The molecule has 0 atom stereocenters. The maximum atomic E-state index is 13.8. The lowest BCUT2D eigenvalue weighted by Crippen LogP contribution is -2.40. The molecule has 0 N–H and O–H groups in total. The Morgan fingerprint density at radius 2 is 1.77 bits per heavy atom. The van der Waals surface area contributed by atoms with Crippen molar-refractivity contribution in [3.05, 3.63) is 87.7 Å². The van der Waals surface area contributed by atoms with Crippen LogP contribution in [0.5, 0.6) is 0 Å². The largest absolute Gasteiger partial charge is 0.274 e. The lowest BCUT2D eigenvalue weighted by Gasteiger charge is -2.27. The first kappa shape index (κ1) is 23.6. The molecule has 10 heteroatoms. The van der Waals surface area contributed by atoms with Crippen molar-refractivity contribution in [3.63, 3.8) is 0 Å². The zero-order chi connectivity index (χ0) is 24.5. The van der Waals surface area contributed by atoms with Crippen molar-refractivity contribution in [2.24, 2.45) is 0 Å². The van der Waals surface area contributed by atoms with Crippen LogP contribution in [0.4, 0.5) is 8.78 Å². The lowest BCUT2D eigenvalue weighted by molar-refractivity contribution is 0.0608. The van der Waals surface area contributed by atoms with Crippen LogP contribution in [0.25, 0.3) is 10.8 Å². The molecule has 2 amide bonds. The summed E-state index contributed by atoms with van der Waals surface area (Å²) in [5.41, 5.74) is 1.41. The zero-order valence-electron chi connectivity index (χ0n) is 18.4. The molecule has 0 spiro atoms. The molecule has 35 heavy (non-hydrogen) atoms. The van der Waals surface area contributed by atoms with E-state index in [-0.39, 0.29) is 18.4 Å². The van der Waals surface area contributed by atoms with Gasteiger partial charge in [0.2, 0.25) is 5.16 Å². The van der Waals surface area contributed by atoms with Gasteiger partial charge in [-0.15, -0.1) is 5.10 Å². The molecule has 0 radical (unpaired) electrons. The van der Waals surface area contributed by atoms with E-state index >= 15 is 0 Å². The van der Waals surface area contributed by atoms with E-state index in [0.717, 1.165) is 22.3 Å². The molecule has 178 valence electrons. The Morgan fingerprint density at radius 3 is 2.57 bits per heavy atom. The molecule has 0 saturated carbocycles. The van der Waals surface area contributed by atoms with Crippen molar-refractivity contribution >= 4 is 50.3 Å². The molecule has 1 aromatic heterocycles. The van der Waals surface area contributed by atoms with Crippen LogP contribution in [0.2, 0.25) is 0 Å². The highest BCUT2D eigenvalue weighted by atomic mass is 79.9. The quantitative estimate of drug-likeness (QED) is 0.158. The van der Waals surface area contributed by atoms with E-state index in [0.29, 0.717) is 46.0 Å². The van der Waals surface area contributed by atoms with Crippen LogP contribution in [0.1, 0.15) is 39.1 Å². The van der Waals surface area contributed by atoms with Crippen molar-refractivity contribution in [1.82, 2.24) is 19.7 Å². The average molecular weight is 557 g/mol. The minimum absolute atomic E-state index is 0.156. The minimum atomic E-state index is -0.622. The number of rotatable bonds is 8. The normalized spacial score (nSPS) is 13.2. The molecular weight excluding hydrogens is 538 g/mol. The number of hydrogen-bond acceptors (Lipinski definition) is 5. The van der Waals surface area contributed by atoms with Crippen LogP contribution >= 0.6 is 27.7 Å². The molecule has 0 fully saturated rings. The molecule has 5 rings (SSSR count). The van der Waals surface area contributed by atoms with E-state index in [4.69, 9.17) is 0 Å². The minimum Gasteiger partial charge on any atom is -0.274 e. The van der Waals surface area contributed by atoms with Crippen molar-refractivity contribution in [2.75, 3.05) is 12.3 Å². The van der Waals surface area contributed by atoms with Crippen molar-refractivity contribution in [1.29, 1.82) is 0 Å². The Hall–Kier alpha value is -3.11. The van der Waals surface area contributed by atoms with Gasteiger partial charge in [0.1, 0.15) is 18.0 Å². The van der Waals surface area contributed by atoms with Crippen LogP contribution in [0, 0.1) is 11.6 Å². The number of hydrogen-bond donors (Lipinski definition) is 0. The number of halogens is 3. The SMILES string of the molecule is O=C1c2cccc3c(Br)ccc(c23)C(=O)N1CCCCSc1ncn(Cc2ccc(F)cc2F)n1. The summed E-state index contributed by atoms with van der Waals surface area (Å²) in [4.78, 5) is 31.6. The number of carbonyl (C=O) groups is 2. The monoisotopic (exact) mass is 556 g/mol. The molecule has 6 nitrogen and oxygen atoms in total. The van der Waals surface area contributed by atoms with Gasteiger partial charge in [-0.05, 0) is 42.5 Å². The summed E-state index contributed by atoms with van der Waals surface area (Å²) in [6.07, 6.45) is 2.90. The van der Waals surface area contributed by atoms with Crippen LogP contribution in [0.15, 0.2) is 64.5 Å². The first-order valence-electron chi connectivity index (χ1n) is 11.0. The predicted molar refractivity (Wildman–Crippen MR) is 132 cm³/mol. The van der Waals surface area contributed by atoms with Crippen molar-refractivity contribution in [3.8, 4) is 0 Å². The second kappa shape index (κ2) is 9.87. The maximum Gasteiger partial charge on any atom is 0.261 e. The second-order valence-electron chi connectivity index (χ2n) is 8.10. The number of benzene rings is 3. The average Bonchev–Trinajstić information content (AvgIpc) is 3.29. The van der Waals surface area contributed by atoms with E-state index in [1.807, 2.05) is 18.2 Å². The van der Waals surface area contributed by atoms with E-state index < -0.39 is 11.6 Å². The number of imide groups is 1.